The van der Waals surface area contributed by atoms with E-state index in [2.05, 4.69) is 20.3 Å². The normalized spacial score (nSPS) is 11.4. The fourth-order valence-electron chi connectivity index (χ4n) is 4.02. The van der Waals surface area contributed by atoms with Crippen molar-refractivity contribution in [3.05, 3.63) is 83.8 Å². The molecule has 1 N–H and O–H groups in total. The largest absolute Gasteiger partial charge is 0.416 e. The third-order valence-electron chi connectivity index (χ3n) is 5.76. The quantitative estimate of drug-likeness (QED) is 0.257. The molecule has 2 aromatic carbocycles. The Bertz CT molecular complexity index is 1570. The van der Waals surface area contributed by atoms with Crippen molar-refractivity contribution in [1.82, 2.24) is 24.1 Å². The minimum absolute atomic E-state index is 0.0906. The lowest BCUT2D eigenvalue weighted by Crippen LogP contribution is -2.06. The standard InChI is InChI=1S/C25H20F4N6.C2H6/c1-14-12-35(13-30-14)20-9-10-22(31-15(20)2)32-19-5-4-6-21-23(19)33-24(34(21)3)17-11-16(25(27,28)29)7-8-18(17)26;1-2/h4-13H,1-3H3,(H,31,32);1-2H3. The van der Waals surface area contributed by atoms with Crippen LogP contribution in [0.5, 0.6) is 0 Å². The lowest BCUT2D eigenvalue weighted by molar-refractivity contribution is -0.137. The van der Waals surface area contributed by atoms with Gasteiger partial charge in [0.05, 0.1) is 45.7 Å². The van der Waals surface area contributed by atoms with E-state index in [1.54, 1.807) is 36.1 Å². The number of imidazole rings is 2. The smallest absolute Gasteiger partial charge is 0.338 e. The fraction of sp³-hybridized carbons (Fsp3) is 0.222. The predicted molar refractivity (Wildman–Crippen MR) is 137 cm³/mol. The number of halogens is 4. The van der Waals surface area contributed by atoms with E-state index in [-0.39, 0.29) is 11.4 Å². The van der Waals surface area contributed by atoms with Crippen molar-refractivity contribution in [2.45, 2.75) is 33.9 Å². The Morgan fingerprint density at radius 3 is 2.35 bits per heavy atom. The summed E-state index contributed by atoms with van der Waals surface area (Å²) >= 11 is 0. The Balaban J connectivity index is 0.00000156. The molecule has 0 aliphatic heterocycles. The van der Waals surface area contributed by atoms with Crippen molar-refractivity contribution in [1.29, 1.82) is 0 Å². The van der Waals surface area contributed by atoms with Crippen LogP contribution >= 0.6 is 0 Å². The average Bonchev–Trinajstić information content (AvgIpc) is 3.44. The molecule has 0 atom stereocenters. The molecular weight excluding hydrogens is 484 g/mol. The number of aryl methyl sites for hydroxylation is 3. The Morgan fingerprint density at radius 2 is 1.70 bits per heavy atom. The maximum atomic E-state index is 14.6. The van der Waals surface area contributed by atoms with Crippen molar-refractivity contribution in [2.75, 3.05) is 5.32 Å². The lowest BCUT2D eigenvalue weighted by atomic mass is 10.1. The molecule has 0 amide bonds. The van der Waals surface area contributed by atoms with Gasteiger partial charge >= 0.3 is 6.18 Å². The highest BCUT2D eigenvalue weighted by molar-refractivity contribution is 5.92. The molecule has 3 aromatic heterocycles. The van der Waals surface area contributed by atoms with E-state index < -0.39 is 17.6 Å². The zero-order valence-corrected chi connectivity index (χ0v) is 21.0. The van der Waals surface area contributed by atoms with E-state index in [9.17, 15) is 17.6 Å². The summed E-state index contributed by atoms with van der Waals surface area (Å²) < 4.78 is 57.7. The number of aromatic nitrogens is 5. The van der Waals surface area contributed by atoms with Gasteiger partial charge in [-0.05, 0) is 56.3 Å². The van der Waals surface area contributed by atoms with Crippen LogP contribution in [0, 0.1) is 19.7 Å². The highest BCUT2D eigenvalue weighted by Gasteiger charge is 2.32. The molecule has 0 saturated heterocycles. The number of rotatable bonds is 4. The van der Waals surface area contributed by atoms with Crippen LogP contribution in [0.4, 0.5) is 29.1 Å². The Morgan fingerprint density at radius 1 is 0.946 bits per heavy atom. The number of alkyl halides is 3. The first-order valence-electron chi connectivity index (χ1n) is 11.7. The summed E-state index contributed by atoms with van der Waals surface area (Å²) in [5.41, 5.74) is 3.09. The number of anilines is 2. The van der Waals surface area contributed by atoms with E-state index in [1.165, 1.54) is 0 Å². The maximum Gasteiger partial charge on any atom is 0.416 e. The van der Waals surface area contributed by atoms with E-state index in [1.807, 2.05) is 50.6 Å². The summed E-state index contributed by atoms with van der Waals surface area (Å²) in [5.74, 6) is -0.130. The number of nitrogens with zero attached hydrogens (tertiary/aromatic N) is 5. The number of hydrogen-bond acceptors (Lipinski definition) is 4. The van der Waals surface area contributed by atoms with Crippen molar-refractivity contribution in [3.8, 4) is 17.1 Å². The molecule has 3 heterocycles. The van der Waals surface area contributed by atoms with Gasteiger partial charge in [0.15, 0.2) is 0 Å². The summed E-state index contributed by atoms with van der Waals surface area (Å²) in [4.78, 5) is 13.4. The van der Waals surface area contributed by atoms with Gasteiger partial charge in [-0.25, -0.2) is 19.3 Å². The van der Waals surface area contributed by atoms with Gasteiger partial charge in [-0.15, -0.1) is 0 Å². The SMILES string of the molecule is CC.Cc1cn(-c2ccc(Nc3cccc4c3nc(-c3cc(C(F)(F)F)ccc3F)n4C)nc2C)cn1. The van der Waals surface area contributed by atoms with Crippen molar-refractivity contribution >= 4 is 22.5 Å². The molecule has 0 bridgehead atoms. The summed E-state index contributed by atoms with van der Waals surface area (Å²) in [5, 5.41) is 3.23. The Kier molecular flexibility index (Phi) is 7.02. The first-order chi connectivity index (χ1) is 17.6. The fourth-order valence-corrected chi connectivity index (χ4v) is 4.02. The number of hydrogen-bond donors (Lipinski definition) is 1. The molecule has 37 heavy (non-hydrogen) atoms. The van der Waals surface area contributed by atoms with Crippen LogP contribution in [0.2, 0.25) is 0 Å². The summed E-state index contributed by atoms with van der Waals surface area (Å²) in [6.45, 7) is 7.79. The van der Waals surface area contributed by atoms with Crippen molar-refractivity contribution in [3.63, 3.8) is 0 Å². The number of pyridine rings is 1. The van der Waals surface area contributed by atoms with E-state index >= 15 is 0 Å². The van der Waals surface area contributed by atoms with Gasteiger partial charge in [0.1, 0.15) is 23.0 Å². The van der Waals surface area contributed by atoms with Gasteiger partial charge in [-0.1, -0.05) is 19.9 Å². The van der Waals surface area contributed by atoms with Crippen molar-refractivity contribution < 1.29 is 17.6 Å². The zero-order chi connectivity index (χ0) is 26.9. The second-order valence-corrected chi connectivity index (χ2v) is 8.21. The van der Waals surface area contributed by atoms with Crippen molar-refractivity contribution in [2.24, 2.45) is 7.05 Å². The third-order valence-corrected chi connectivity index (χ3v) is 5.76. The van der Waals surface area contributed by atoms with Gasteiger partial charge in [0, 0.05) is 13.2 Å². The van der Waals surface area contributed by atoms with Crippen LogP contribution in [-0.4, -0.2) is 24.1 Å². The molecule has 5 rings (SSSR count). The zero-order valence-electron chi connectivity index (χ0n) is 21.0. The minimum Gasteiger partial charge on any atom is -0.338 e. The summed E-state index contributed by atoms with van der Waals surface area (Å²) in [7, 11) is 1.64. The highest BCUT2D eigenvalue weighted by atomic mass is 19.4. The first kappa shape index (κ1) is 25.9. The Hall–Kier alpha value is -4.21. The maximum absolute atomic E-state index is 14.6. The monoisotopic (exact) mass is 510 g/mol. The van der Waals surface area contributed by atoms with Gasteiger partial charge in [-0.2, -0.15) is 13.2 Å². The molecule has 10 heteroatoms. The number of para-hydroxylation sites is 1. The van der Waals surface area contributed by atoms with E-state index in [0.717, 1.165) is 35.3 Å². The average molecular weight is 511 g/mol. The minimum atomic E-state index is -4.59. The van der Waals surface area contributed by atoms with Gasteiger partial charge in [0.2, 0.25) is 0 Å². The second-order valence-electron chi connectivity index (χ2n) is 8.21. The molecule has 0 saturated carbocycles. The van der Waals surface area contributed by atoms with Crippen LogP contribution in [0.25, 0.3) is 28.1 Å². The molecule has 0 radical (unpaired) electrons. The van der Waals surface area contributed by atoms with Crippen LogP contribution < -0.4 is 5.32 Å². The van der Waals surface area contributed by atoms with Crippen LogP contribution in [0.15, 0.2) is 61.1 Å². The van der Waals surface area contributed by atoms with Gasteiger partial charge < -0.3 is 14.5 Å². The number of nitrogens with one attached hydrogen (secondary N) is 1. The highest BCUT2D eigenvalue weighted by Crippen LogP contribution is 2.35. The molecule has 6 nitrogen and oxygen atoms in total. The molecule has 0 unspecified atom stereocenters. The Labute approximate surface area is 211 Å². The molecule has 0 fully saturated rings. The first-order valence-corrected chi connectivity index (χ1v) is 11.7. The molecule has 0 spiro atoms. The summed E-state index contributed by atoms with van der Waals surface area (Å²) in [6, 6.07) is 11.4. The number of fused-ring (bicyclic) bond motifs is 1. The number of benzene rings is 2. The van der Waals surface area contributed by atoms with Crippen LogP contribution in [0.1, 0.15) is 30.8 Å². The third kappa shape index (κ3) is 5.04. The van der Waals surface area contributed by atoms with E-state index in [0.29, 0.717) is 22.5 Å². The molecular formula is C27H26F4N6. The molecule has 192 valence electrons. The second kappa shape index (κ2) is 10.0. The topological polar surface area (TPSA) is 60.6 Å². The van der Waals surface area contributed by atoms with Crippen LogP contribution in [-0.2, 0) is 13.2 Å². The molecule has 0 aliphatic rings. The molecule has 5 aromatic rings. The van der Waals surface area contributed by atoms with Gasteiger partial charge in [-0.3, -0.25) is 0 Å². The van der Waals surface area contributed by atoms with Gasteiger partial charge in [0.25, 0.3) is 0 Å². The van der Waals surface area contributed by atoms with E-state index in [4.69, 9.17) is 0 Å². The lowest BCUT2D eigenvalue weighted by Gasteiger charge is -2.10. The van der Waals surface area contributed by atoms with Crippen LogP contribution in [0.3, 0.4) is 0 Å². The summed E-state index contributed by atoms with van der Waals surface area (Å²) in [6.07, 6.45) is -0.972. The predicted octanol–water partition coefficient (Wildman–Crippen LogP) is 7.37. The molecule has 0 aliphatic carbocycles.